The van der Waals surface area contributed by atoms with Crippen LogP contribution in [0.3, 0.4) is 0 Å². The van der Waals surface area contributed by atoms with Crippen LogP contribution in [0, 0.1) is 19.7 Å². The molecule has 1 aliphatic carbocycles. The Morgan fingerprint density at radius 1 is 0.905 bits per heavy atom. The van der Waals surface area contributed by atoms with Crippen molar-refractivity contribution in [1.82, 2.24) is 10.2 Å². The van der Waals surface area contributed by atoms with Crippen LogP contribution in [0.2, 0.25) is 0 Å². The molecule has 0 bridgehead atoms. The number of hydrogen-bond donors (Lipinski definition) is 1. The highest BCUT2D eigenvalue weighted by atomic mass is 32.2. The van der Waals surface area contributed by atoms with Gasteiger partial charge in [0.25, 0.3) is 0 Å². The lowest BCUT2D eigenvalue weighted by Gasteiger charge is -2.35. The fourth-order valence-corrected chi connectivity index (χ4v) is 6.22. The maximum Gasteiger partial charge on any atom is 0.244 e. The van der Waals surface area contributed by atoms with E-state index in [0.717, 1.165) is 59.4 Å². The first-order chi connectivity index (χ1) is 20.0. The van der Waals surface area contributed by atoms with Gasteiger partial charge in [-0.05, 0) is 73.2 Å². The van der Waals surface area contributed by atoms with Crippen LogP contribution in [0.15, 0.2) is 72.8 Å². The number of benzene rings is 3. The van der Waals surface area contributed by atoms with Gasteiger partial charge in [-0.15, -0.1) is 0 Å². The quantitative estimate of drug-likeness (QED) is 0.327. The number of carbonyl (C=O) groups excluding carboxylic acids is 2. The summed E-state index contributed by atoms with van der Waals surface area (Å²) in [5.41, 5.74) is 3.77. The summed E-state index contributed by atoms with van der Waals surface area (Å²) in [7, 11) is -3.85. The molecule has 0 aliphatic heterocycles. The molecule has 224 valence electrons. The van der Waals surface area contributed by atoms with E-state index in [1.165, 1.54) is 17.0 Å². The minimum Gasteiger partial charge on any atom is -0.352 e. The number of sulfonamides is 1. The molecule has 2 amide bonds. The lowest BCUT2D eigenvalue weighted by molar-refractivity contribution is -0.140. The summed E-state index contributed by atoms with van der Waals surface area (Å²) < 4.78 is 40.8. The van der Waals surface area contributed by atoms with Gasteiger partial charge in [-0.3, -0.25) is 13.9 Å². The van der Waals surface area contributed by atoms with Gasteiger partial charge >= 0.3 is 0 Å². The van der Waals surface area contributed by atoms with Gasteiger partial charge in [-0.25, -0.2) is 12.8 Å². The maximum atomic E-state index is 14.2. The predicted molar refractivity (Wildman–Crippen MR) is 164 cm³/mol. The Labute approximate surface area is 248 Å². The summed E-state index contributed by atoms with van der Waals surface area (Å²) >= 11 is 0. The summed E-state index contributed by atoms with van der Waals surface area (Å²) in [5, 5.41) is 3.17. The summed E-state index contributed by atoms with van der Waals surface area (Å²) in [5.74, 6) is -1.22. The Morgan fingerprint density at radius 2 is 1.57 bits per heavy atom. The van der Waals surface area contributed by atoms with Crippen LogP contribution in [0.5, 0.6) is 0 Å². The molecule has 1 N–H and O–H groups in total. The average molecular weight is 594 g/mol. The summed E-state index contributed by atoms with van der Waals surface area (Å²) in [6, 6.07) is 19.6. The number of aryl methyl sites for hydroxylation is 2. The number of halogens is 1. The second-order valence-electron chi connectivity index (χ2n) is 11.2. The lowest BCUT2D eigenvalue weighted by Crippen LogP contribution is -2.55. The van der Waals surface area contributed by atoms with Crippen LogP contribution in [0.25, 0.3) is 0 Å². The number of nitrogens with zero attached hydrogens (tertiary/aromatic N) is 2. The largest absolute Gasteiger partial charge is 0.352 e. The molecule has 3 aromatic rings. The van der Waals surface area contributed by atoms with Gasteiger partial charge in [0.1, 0.15) is 18.4 Å². The second-order valence-corrected chi connectivity index (χ2v) is 13.1. The molecular formula is C33H40FN3O4S. The molecule has 0 radical (unpaired) electrons. The summed E-state index contributed by atoms with van der Waals surface area (Å²) in [6.45, 7) is 3.34. The summed E-state index contributed by atoms with van der Waals surface area (Å²) in [6.07, 6.45) is 6.27. The van der Waals surface area contributed by atoms with E-state index in [1.54, 1.807) is 24.3 Å². The van der Waals surface area contributed by atoms with E-state index in [4.69, 9.17) is 0 Å². The van der Waals surface area contributed by atoms with E-state index in [1.807, 2.05) is 50.2 Å². The fourth-order valence-electron chi connectivity index (χ4n) is 5.38. The molecule has 3 aromatic carbocycles. The zero-order chi connectivity index (χ0) is 30.3. The number of anilines is 1. The van der Waals surface area contributed by atoms with Crippen LogP contribution >= 0.6 is 0 Å². The molecule has 7 nitrogen and oxygen atoms in total. The van der Waals surface area contributed by atoms with Crippen molar-refractivity contribution in [3.8, 4) is 0 Å². The topological polar surface area (TPSA) is 86.8 Å². The van der Waals surface area contributed by atoms with Gasteiger partial charge in [0.05, 0.1) is 11.9 Å². The van der Waals surface area contributed by atoms with Crippen molar-refractivity contribution in [3.05, 3.63) is 101 Å². The molecule has 0 aromatic heterocycles. The van der Waals surface area contributed by atoms with Crippen LogP contribution in [0.4, 0.5) is 10.1 Å². The Hall–Kier alpha value is -3.72. The highest BCUT2D eigenvalue weighted by molar-refractivity contribution is 7.92. The SMILES string of the molecule is Cc1ccc(N(CC(=O)N(Cc2ccc(F)cc2)[C@H](Cc2ccccc2)C(=O)NC2CCCCC2)S(C)(=O)=O)cc1C. The molecule has 0 unspecified atom stereocenters. The van der Waals surface area contributed by atoms with Gasteiger partial charge in [0, 0.05) is 19.0 Å². The number of hydrogen-bond acceptors (Lipinski definition) is 4. The highest BCUT2D eigenvalue weighted by Crippen LogP contribution is 2.24. The monoisotopic (exact) mass is 593 g/mol. The Morgan fingerprint density at radius 3 is 2.19 bits per heavy atom. The van der Waals surface area contributed by atoms with Crippen molar-refractivity contribution in [3.63, 3.8) is 0 Å². The van der Waals surface area contributed by atoms with Gasteiger partial charge in [-0.2, -0.15) is 0 Å². The first kappa shape index (κ1) is 31.2. The first-order valence-corrected chi connectivity index (χ1v) is 16.3. The average Bonchev–Trinajstić information content (AvgIpc) is 2.96. The van der Waals surface area contributed by atoms with E-state index < -0.39 is 34.3 Å². The van der Waals surface area contributed by atoms with Gasteiger partial charge in [0.2, 0.25) is 21.8 Å². The Balaban J connectivity index is 1.72. The van der Waals surface area contributed by atoms with E-state index in [-0.39, 0.29) is 24.9 Å². The van der Waals surface area contributed by atoms with Crippen molar-refractivity contribution in [1.29, 1.82) is 0 Å². The number of amides is 2. The van der Waals surface area contributed by atoms with Crippen molar-refractivity contribution in [2.24, 2.45) is 0 Å². The molecule has 0 saturated heterocycles. The maximum absolute atomic E-state index is 14.2. The van der Waals surface area contributed by atoms with E-state index in [2.05, 4.69) is 5.32 Å². The zero-order valence-corrected chi connectivity index (χ0v) is 25.4. The van der Waals surface area contributed by atoms with E-state index in [9.17, 15) is 22.4 Å². The third-order valence-corrected chi connectivity index (χ3v) is 9.09. The van der Waals surface area contributed by atoms with Crippen molar-refractivity contribution < 1.29 is 22.4 Å². The molecule has 1 atom stereocenters. The Kier molecular flexibility index (Phi) is 10.4. The molecule has 9 heteroatoms. The molecular weight excluding hydrogens is 553 g/mol. The van der Waals surface area contributed by atoms with Crippen LogP contribution in [0.1, 0.15) is 54.4 Å². The third-order valence-electron chi connectivity index (χ3n) is 7.95. The Bertz CT molecular complexity index is 1470. The molecule has 1 saturated carbocycles. The van der Waals surface area contributed by atoms with Gasteiger partial charge in [-0.1, -0.05) is 67.8 Å². The minimum absolute atomic E-state index is 0.0131. The van der Waals surface area contributed by atoms with Gasteiger partial charge in [0.15, 0.2) is 0 Å². The zero-order valence-electron chi connectivity index (χ0n) is 24.6. The number of rotatable bonds is 11. The smallest absolute Gasteiger partial charge is 0.244 e. The van der Waals surface area contributed by atoms with Crippen LogP contribution < -0.4 is 9.62 Å². The van der Waals surface area contributed by atoms with E-state index in [0.29, 0.717) is 11.3 Å². The summed E-state index contributed by atoms with van der Waals surface area (Å²) in [4.78, 5) is 29.6. The molecule has 1 fully saturated rings. The van der Waals surface area contributed by atoms with Crippen LogP contribution in [-0.4, -0.2) is 50.0 Å². The second kappa shape index (κ2) is 14.0. The van der Waals surface area contributed by atoms with E-state index >= 15 is 0 Å². The predicted octanol–water partition coefficient (Wildman–Crippen LogP) is 5.30. The van der Waals surface area contributed by atoms with Crippen molar-refractivity contribution in [2.45, 2.75) is 71.0 Å². The number of nitrogens with one attached hydrogen (secondary N) is 1. The third kappa shape index (κ3) is 8.41. The number of carbonyl (C=O) groups is 2. The normalized spacial score (nSPS) is 14.7. The van der Waals surface area contributed by atoms with Crippen molar-refractivity contribution in [2.75, 3.05) is 17.1 Å². The molecule has 42 heavy (non-hydrogen) atoms. The highest BCUT2D eigenvalue weighted by Gasteiger charge is 2.34. The minimum atomic E-state index is -3.85. The molecule has 0 heterocycles. The standard InChI is InChI=1S/C33H40FN3O4S/c1-24-14-19-30(20-25(24)2)37(42(3,40)41)23-32(38)36(22-27-15-17-28(34)18-16-27)31(21-26-10-6-4-7-11-26)33(39)35-29-12-8-5-9-13-29/h4,6-7,10-11,14-20,29,31H,5,8-9,12-13,21-23H2,1-3H3,(H,35,39)/t31-/m1/s1. The first-order valence-electron chi connectivity index (χ1n) is 14.4. The molecule has 0 spiro atoms. The van der Waals surface area contributed by atoms with Gasteiger partial charge < -0.3 is 10.2 Å². The van der Waals surface area contributed by atoms with Crippen LogP contribution in [-0.2, 0) is 32.6 Å². The molecule has 1 aliphatic rings. The van der Waals surface area contributed by atoms with Crippen molar-refractivity contribution >= 4 is 27.5 Å². The fraction of sp³-hybridized carbons (Fsp3) is 0.394. The lowest BCUT2D eigenvalue weighted by atomic mass is 9.94. The molecule has 4 rings (SSSR count).